The van der Waals surface area contributed by atoms with Gasteiger partial charge in [0.1, 0.15) is 6.26 Å². The van der Waals surface area contributed by atoms with E-state index in [0.717, 1.165) is 17.8 Å². The number of nitrogens with zero attached hydrogens (tertiary/aromatic N) is 2. The Morgan fingerprint density at radius 1 is 1.32 bits per heavy atom. The molecule has 1 heterocycles. The maximum Gasteiger partial charge on any atom is 0.226 e. The monoisotopic (exact) mass is 280 g/mol. The number of hydrogen-bond donors (Lipinski definition) is 1. The van der Waals surface area contributed by atoms with Crippen molar-refractivity contribution in [3.8, 4) is 11.5 Å². The van der Waals surface area contributed by atoms with Crippen molar-refractivity contribution in [1.82, 2.24) is 9.88 Å². The van der Waals surface area contributed by atoms with Crippen LogP contribution in [0.25, 0.3) is 11.5 Å². The van der Waals surface area contributed by atoms with Gasteiger partial charge in [-0.05, 0) is 30.8 Å². The van der Waals surface area contributed by atoms with Crippen LogP contribution >= 0.6 is 11.6 Å². The lowest BCUT2D eigenvalue weighted by molar-refractivity contribution is 0.195. The molecule has 2 rings (SSSR count). The summed E-state index contributed by atoms with van der Waals surface area (Å²) in [7, 11) is 0. The van der Waals surface area contributed by atoms with E-state index < -0.39 is 0 Å². The first kappa shape index (κ1) is 14.1. The van der Waals surface area contributed by atoms with E-state index in [4.69, 9.17) is 21.1 Å². The van der Waals surface area contributed by atoms with Crippen LogP contribution in [0.3, 0.4) is 0 Å². The second kappa shape index (κ2) is 6.70. The molecule has 0 aliphatic rings. The Kier molecular flexibility index (Phi) is 4.96. The van der Waals surface area contributed by atoms with Gasteiger partial charge in [-0.2, -0.15) is 0 Å². The third-order valence-corrected chi connectivity index (χ3v) is 3.14. The standard InChI is InChI=1S/C14H17ClN2O2/c1-2-17(7-8-18)9-13-10-19-14(16-13)11-3-5-12(15)6-4-11/h3-6,10,18H,2,7-9H2,1H3. The molecule has 0 spiro atoms. The van der Waals surface area contributed by atoms with E-state index in [1.54, 1.807) is 6.26 Å². The van der Waals surface area contributed by atoms with Crippen molar-refractivity contribution in [2.24, 2.45) is 0 Å². The molecule has 0 aliphatic carbocycles. The van der Waals surface area contributed by atoms with E-state index in [2.05, 4.69) is 16.8 Å². The molecule has 0 atom stereocenters. The minimum absolute atomic E-state index is 0.149. The van der Waals surface area contributed by atoms with Crippen LogP contribution in [0.5, 0.6) is 0 Å². The van der Waals surface area contributed by atoms with Crippen molar-refractivity contribution >= 4 is 11.6 Å². The third-order valence-electron chi connectivity index (χ3n) is 2.89. The molecule has 0 radical (unpaired) electrons. The molecular formula is C14H17ClN2O2. The van der Waals surface area contributed by atoms with E-state index in [1.165, 1.54) is 0 Å². The molecule has 1 aromatic heterocycles. The fourth-order valence-electron chi connectivity index (χ4n) is 1.82. The van der Waals surface area contributed by atoms with Gasteiger partial charge in [-0.1, -0.05) is 18.5 Å². The first-order valence-electron chi connectivity index (χ1n) is 6.26. The van der Waals surface area contributed by atoms with Crippen molar-refractivity contribution in [3.63, 3.8) is 0 Å². The minimum Gasteiger partial charge on any atom is -0.444 e. The summed E-state index contributed by atoms with van der Waals surface area (Å²) in [5, 5.41) is 9.65. The van der Waals surface area contributed by atoms with E-state index in [-0.39, 0.29) is 6.61 Å². The molecule has 1 N–H and O–H groups in total. The number of aromatic nitrogens is 1. The molecule has 19 heavy (non-hydrogen) atoms. The molecule has 0 amide bonds. The Labute approximate surface area is 117 Å². The second-order valence-electron chi connectivity index (χ2n) is 4.24. The van der Waals surface area contributed by atoms with Crippen LogP contribution in [0.1, 0.15) is 12.6 Å². The fraction of sp³-hybridized carbons (Fsp3) is 0.357. The van der Waals surface area contributed by atoms with Gasteiger partial charge in [0.15, 0.2) is 0 Å². The lowest BCUT2D eigenvalue weighted by Gasteiger charge is -2.16. The second-order valence-corrected chi connectivity index (χ2v) is 4.68. The summed E-state index contributed by atoms with van der Waals surface area (Å²) >= 11 is 5.85. The average molecular weight is 281 g/mol. The van der Waals surface area contributed by atoms with Crippen LogP contribution in [0.2, 0.25) is 5.02 Å². The zero-order valence-corrected chi connectivity index (χ0v) is 11.6. The highest BCUT2D eigenvalue weighted by molar-refractivity contribution is 6.30. The number of benzene rings is 1. The lowest BCUT2D eigenvalue weighted by Crippen LogP contribution is -2.26. The number of aliphatic hydroxyl groups is 1. The number of halogens is 1. The Bertz CT molecular complexity index is 510. The summed E-state index contributed by atoms with van der Waals surface area (Å²) in [5.74, 6) is 0.590. The molecule has 5 heteroatoms. The lowest BCUT2D eigenvalue weighted by atomic mass is 10.2. The van der Waals surface area contributed by atoms with E-state index in [0.29, 0.717) is 24.0 Å². The predicted molar refractivity (Wildman–Crippen MR) is 75.0 cm³/mol. The van der Waals surface area contributed by atoms with Crippen LogP contribution in [0.15, 0.2) is 34.9 Å². The van der Waals surface area contributed by atoms with Crippen molar-refractivity contribution in [3.05, 3.63) is 41.2 Å². The van der Waals surface area contributed by atoms with Crippen LogP contribution in [0.4, 0.5) is 0 Å². The van der Waals surface area contributed by atoms with Gasteiger partial charge in [0.2, 0.25) is 5.89 Å². The third kappa shape index (κ3) is 3.80. The Balaban J connectivity index is 2.08. The summed E-state index contributed by atoms with van der Waals surface area (Å²) in [4.78, 5) is 6.55. The van der Waals surface area contributed by atoms with E-state index >= 15 is 0 Å². The predicted octanol–water partition coefficient (Wildman–Crippen LogP) is 2.81. The summed E-state index contributed by atoms with van der Waals surface area (Å²) in [5.41, 5.74) is 1.76. The first-order chi connectivity index (χ1) is 9.22. The van der Waals surface area contributed by atoms with Crippen LogP contribution in [-0.4, -0.2) is 34.7 Å². The Morgan fingerprint density at radius 3 is 2.68 bits per heavy atom. The van der Waals surface area contributed by atoms with Crippen LogP contribution < -0.4 is 0 Å². The Hall–Kier alpha value is -1.36. The van der Waals surface area contributed by atoms with Gasteiger partial charge in [0.05, 0.1) is 12.3 Å². The quantitative estimate of drug-likeness (QED) is 0.884. The van der Waals surface area contributed by atoms with Crippen molar-refractivity contribution in [2.45, 2.75) is 13.5 Å². The largest absolute Gasteiger partial charge is 0.444 e. The van der Waals surface area contributed by atoms with E-state index in [9.17, 15) is 0 Å². The van der Waals surface area contributed by atoms with Crippen LogP contribution in [-0.2, 0) is 6.54 Å². The maximum atomic E-state index is 8.96. The number of aliphatic hydroxyl groups excluding tert-OH is 1. The smallest absolute Gasteiger partial charge is 0.226 e. The normalized spacial score (nSPS) is 11.2. The molecule has 2 aromatic rings. The zero-order valence-electron chi connectivity index (χ0n) is 10.8. The van der Waals surface area contributed by atoms with Gasteiger partial charge in [0.25, 0.3) is 0 Å². The number of likely N-dealkylation sites (N-methyl/N-ethyl adjacent to an activating group) is 1. The van der Waals surface area contributed by atoms with Gasteiger partial charge < -0.3 is 9.52 Å². The molecule has 0 fully saturated rings. The highest BCUT2D eigenvalue weighted by atomic mass is 35.5. The summed E-state index contributed by atoms with van der Waals surface area (Å²) in [6, 6.07) is 7.38. The average Bonchev–Trinajstić information content (AvgIpc) is 2.87. The zero-order chi connectivity index (χ0) is 13.7. The molecule has 0 saturated carbocycles. The van der Waals surface area contributed by atoms with Gasteiger partial charge in [-0.15, -0.1) is 0 Å². The molecule has 0 unspecified atom stereocenters. The SMILES string of the molecule is CCN(CCO)Cc1coc(-c2ccc(Cl)cc2)n1. The van der Waals surface area contributed by atoms with Crippen molar-refractivity contribution in [2.75, 3.05) is 19.7 Å². The molecular weight excluding hydrogens is 264 g/mol. The molecule has 1 aromatic carbocycles. The fourth-order valence-corrected chi connectivity index (χ4v) is 1.95. The number of hydrogen-bond acceptors (Lipinski definition) is 4. The van der Waals surface area contributed by atoms with Gasteiger partial charge >= 0.3 is 0 Å². The van der Waals surface area contributed by atoms with Crippen molar-refractivity contribution < 1.29 is 9.52 Å². The van der Waals surface area contributed by atoms with Crippen molar-refractivity contribution in [1.29, 1.82) is 0 Å². The Morgan fingerprint density at radius 2 is 2.05 bits per heavy atom. The minimum atomic E-state index is 0.149. The summed E-state index contributed by atoms with van der Waals surface area (Å²) in [6.45, 7) is 4.38. The summed E-state index contributed by atoms with van der Waals surface area (Å²) < 4.78 is 5.47. The molecule has 0 bridgehead atoms. The highest BCUT2D eigenvalue weighted by Gasteiger charge is 2.09. The highest BCUT2D eigenvalue weighted by Crippen LogP contribution is 2.21. The molecule has 102 valence electrons. The topological polar surface area (TPSA) is 49.5 Å². The molecule has 0 saturated heterocycles. The van der Waals surface area contributed by atoms with E-state index in [1.807, 2.05) is 24.3 Å². The van der Waals surface area contributed by atoms with Gasteiger partial charge in [-0.25, -0.2) is 4.98 Å². The van der Waals surface area contributed by atoms with Gasteiger partial charge in [-0.3, -0.25) is 4.90 Å². The number of oxazole rings is 1. The molecule has 4 nitrogen and oxygen atoms in total. The first-order valence-corrected chi connectivity index (χ1v) is 6.64. The molecule has 0 aliphatic heterocycles. The van der Waals surface area contributed by atoms with Gasteiger partial charge in [0, 0.05) is 23.7 Å². The van der Waals surface area contributed by atoms with Crippen LogP contribution in [0, 0.1) is 0 Å². The summed E-state index contributed by atoms with van der Waals surface area (Å²) in [6.07, 6.45) is 1.66. The number of rotatable bonds is 6. The maximum absolute atomic E-state index is 8.96.